The van der Waals surface area contributed by atoms with Crippen LogP contribution in [0.25, 0.3) is 0 Å². The molecule has 9 nitrogen and oxygen atoms in total. The Morgan fingerprint density at radius 1 is 0.392 bits per heavy atom. The summed E-state index contributed by atoms with van der Waals surface area (Å²) in [6.45, 7) is 4.50. The van der Waals surface area contributed by atoms with E-state index in [9.17, 15) is 29.4 Å². The first-order valence-corrected chi connectivity index (χ1v) is 21.6. The summed E-state index contributed by atoms with van der Waals surface area (Å²) in [6.07, 6.45) is 36.0. The van der Waals surface area contributed by atoms with E-state index in [-0.39, 0.29) is 55.6 Å². The Bertz CT molecular complexity index is 836. The zero-order chi connectivity index (χ0) is 37.7. The third-order valence-corrected chi connectivity index (χ3v) is 10.3. The van der Waals surface area contributed by atoms with Gasteiger partial charge in [-0.3, -0.25) is 9.59 Å². The van der Waals surface area contributed by atoms with Crippen molar-refractivity contribution in [3.63, 3.8) is 0 Å². The van der Waals surface area contributed by atoms with Crippen molar-refractivity contribution >= 4 is 23.8 Å². The van der Waals surface area contributed by atoms with Gasteiger partial charge in [0.05, 0.1) is 26.2 Å². The van der Waals surface area contributed by atoms with E-state index in [0.29, 0.717) is 12.8 Å². The summed E-state index contributed by atoms with van der Waals surface area (Å²) in [5.74, 6) is -2.37. The summed E-state index contributed by atoms with van der Waals surface area (Å²) in [7, 11) is 0. The number of rotatable bonds is 40. The van der Waals surface area contributed by atoms with Gasteiger partial charge in [-0.05, 0) is 12.8 Å². The van der Waals surface area contributed by atoms with E-state index in [2.05, 4.69) is 24.5 Å². The van der Waals surface area contributed by atoms with E-state index in [0.717, 1.165) is 38.5 Å². The Labute approximate surface area is 313 Å². The molecule has 0 aromatic heterocycles. The SMILES string of the molecule is CCCCCCCCCCCCCCCCCC(=O)NCC[N+](CCNC(=O)CCCCCCCCCCCCCCC)(CC(=O)O)CC(=O)O. The quantitative estimate of drug-likeness (QED) is 0.0367. The first kappa shape index (κ1) is 48.8. The van der Waals surface area contributed by atoms with Crippen LogP contribution in [0, 0.1) is 0 Å². The van der Waals surface area contributed by atoms with Crippen molar-refractivity contribution in [1.82, 2.24) is 10.6 Å². The molecule has 2 amide bonds. The lowest BCUT2D eigenvalue weighted by Crippen LogP contribution is -2.59. The van der Waals surface area contributed by atoms with E-state index in [1.54, 1.807) is 0 Å². The van der Waals surface area contributed by atoms with Crippen molar-refractivity contribution in [3.8, 4) is 0 Å². The zero-order valence-electron chi connectivity index (χ0n) is 33.4. The van der Waals surface area contributed by atoms with Gasteiger partial charge in [0, 0.05) is 12.8 Å². The largest absolute Gasteiger partial charge is 0.477 e. The van der Waals surface area contributed by atoms with E-state index in [4.69, 9.17) is 0 Å². The molecule has 0 heterocycles. The molecule has 0 aliphatic rings. The van der Waals surface area contributed by atoms with Crippen LogP contribution in [-0.2, 0) is 19.2 Å². The summed E-state index contributed by atoms with van der Waals surface area (Å²) in [5.41, 5.74) is 0. The third-order valence-electron chi connectivity index (χ3n) is 10.3. The Morgan fingerprint density at radius 2 is 0.627 bits per heavy atom. The van der Waals surface area contributed by atoms with E-state index < -0.39 is 11.9 Å². The second-order valence-corrected chi connectivity index (χ2v) is 15.3. The van der Waals surface area contributed by atoms with Crippen LogP contribution in [-0.4, -0.2) is 77.7 Å². The Morgan fingerprint density at radius 3 is 0.863 bits per heavy atom. The molecule has 0 aromatic rings. The van der Waals surface area contributed by atoms with Gasteiger partial charge in [0.2, 0.25) is 11.8 Å². The second-order valence-electron chi connectivity index (χ2n) is 15.3. The monoisotopic (exact) mass is 725 g/mol. The number of carbonyl (C=O) groups is 4. The molecule has 0 saturated carbocycles. The predicted molar refractivity (Wildman–Crippen MR) is 211 cm³/mol. The molecule has 0 rings (SSSR count). The lowest BCUT2D eigenvalue weighted by atomic mass is 10.0. The van der Waals surface area contributed by atoms with Gasteiger partial charge in [0.15, 0.2) is 13.1 Å². The first-order valence-electron chi connectivity index (χ1n) is 21.6. The van der Waals surface area contributed by atoms with Gasteiger partial charge in [0.1, 0.15) is 0 Å². The van der Waals surface area contributed by atoms with Crippen LogP contribution in [0.15, 0.2) is 0 Å². The third kappa shape index (κ3) is 34.7. The molecule has 0 aliphatic carbocycles. The van der Waals surface area contributed by atoms with Gasteiger partial charge >= 0.3 is 11.9 Å². The lowest BCUT2D eigenvalue weighted by Gasteiger charge is -2.36. The number of unbranched alkanes of at least 4 members (excludes halogenated alkanes) is 26. The van der Waals surface area contributed by atoms with Crippen molar-refractivity contribution in [2.24, 2.45) is 0 Å². The number of carboxylic acids is 2. The van der Waals surface area contributed by atoms with Gasteiger partial charge in [-0.15, -0.1) is 0 Å². The number of nitrogens with zero attached hydrogens (tertiary/aromatic N) is 1. The highest BCUT2D eigenvalue weighted by Crippen LogP contribution is 2.15. The Kier molecular flexibility index (Phi) is 34.7. The fourth-order valence-corrected chi connectivity index (χ4v) is 7.06. The molecule has 0 bridgehead atoms. The fraction of sp³-hybridized carbons (Fsp3) is 0.905. The maximum Gasteiger partial charge on any atom is 0.359 e. The Balaban J connectivity index is 4.14. The molecule has 0 radical (unpaired) electrons. The van der Waals surface area contributed by atoms with Crippen LogP contribution >= 0.6 is 0 Å². The highest BCUT2D eigenvalue weighted by atomic mass is 16.4. The minimum absolute atomic E-state index is 0.0837. The molecule has 0 spiro atoms. The molecule has 0 unspecified atom stereocenters. The summed E-state index contributed by atoms with van der Waals surface area (Å²) in [5, 5.41) is 24.9. The smallest absolute Gasteiger partial charge is 0.359 e. The highest BCUT2D eigenvalue weighted by Gasteiger charge is 2.33. The molecular weight excluding hydrogens is 642 g/mol. The number of carboxylic acid groups (broad SMARTS) is 2. The fourth-order valence-electron chi connectivity index (χ4n) is 7.06. The number of hydrogen-bond acceptors (Lipinski definition) is 4. The molecule has 0 aliphatic heterocycles. The summed E-state index contributed by atoms with van der Waals surface area (Å²) >= 11 is 0. The number of nitrogens with one attached hydrogen (secondary N) is 2. The first-order chi connectivity index (χ1) is 24.7. The second kappa shape index (κ2) is 36.2. The Hall–Kier alpha value is -2.16. The minimum Gasteiger partial charge on any atom is -0.477 e. The van der Waals surface area contributed by atoms with Crippen LogP contribution in [0.3, 0.4) is 0 Å². The van der Waals surface area contributed by atoms with E-state index in [1.807, 2.05) is 0 Å². The summed E-state index contributed by atoms with van der Waals surface area (Å²) < 4.78 is -0.233. The van der Waals surface area contributed by atoms with Gasteiger partial charge in [-0.25, -0.2) is 9.59 Å². The molecule has 4 N–H and O–H groups in total. The van der Waals surface area contributed by atoms with Gasteiger partial charge in [0.25, 0.3) is 0 Å². The zero-order valence-corrected chi connectivity index (χ0v) is 33.4. The van der Waals surface area contributed by atoms with Gasteiger partial charge < -0.3 is 25.3 Å². The van der Waals surface area contributed by atoms with Crippen molar-refractivity contribution in [3.05, 3.63) is 0 Å². The lowest BCUT2D eigenvalue weighted by molar-refractivity contribution is -0.912. The average Bonchev–Trinajstić information content (AvgIpc) is 3.08. The number of carbonyl (C=O) groups excluding carboxylic acids is 2. The molecule has 0 atom stereocenters. The highest BCUT2D eigenvalue weighted by molar-refractivity contribution is 5.76. The van der Waals surface area contributed by atoms with Gasteiger partial charge in [-0.1, -0.05) is 181 Å². The number of amides is 2. The van der Waals surface area contributed by atoms with E-state index in [1.165, 1.54) is 141 Å². The summed E-state index contributed by atoms with van der Waals surface area (Å²) in [4.78, 5) is 48.4. The van der Waals surface area contributed by atoms with Crippen molar-refractivity contribution in [2.75, 3.05) is 39.3 Å². The standard InChI is InChI=1S/C42H81N3O6/c1-3-5-7-9-11-13-15-17-18-20-22-24-26-28-30-32-40(47)44-34-36-45(37-41(48)49,38-42(50)51)35-33-43-39(46)31-29-27-25-23-21-19-16-14-12-10-8-6-4-2/h3-38H2,1-2H3,(H3-,43,44,46,47,48,49,50,51)/p+1. The number of quaternary nitrogens is 1. The summed E-state index contributed by atoms with van der Waals surface area (Å²) in [6, 6.07) is 0. The maximum atomic E-state index is 12.5. The molecular formula is C42H82N3O6+. The molecule has 0 saturated heterocycles. The number of hydrogen-bond donors (Lipinski definition) is 4. The molecule has 9 heteroatoms. The normalized spacial score (nSPS) is 11.5. The molecule has 0 aromatic carbocycles. The van der Waals surface area contributed by atoms with Crippen LogP contribution < -0.4 is 10.6 Å². The van der Waals surface area contributed by atoms with Crippen LogP contribution in [0.4, 0.5) is 0 Å². The van der Waals surface area contributed by atoms with Crippen molar-refractivity contribution < 1.29 is 33.9 Å². The molecule has 51 heavy (non-hydrogen) atoms. The molecule has 300 valence electrons. The maximum absolute atomic E-state index is 12.5. The van der Waals surface area contributed by atoms with Crippen LogP contribution in [0.1, 0.15) is 206 Å². The van der Waals surface area contributed by atoms with E-state index >= 15 is 0 Å². The van der Waals surface area contributed by atoms with Crippen LogP contribution in [0.2, 0.25) is 0 Å². The average molecular weight is 725 g/mol. The minimum atomic E-state index is -1.10. The van der Waals surface area contributed by atoms with Crippen molar-refractivity contribution in [2.45, 2.75) is 206 Å². The molecule has 0 fully saturated rings. The predicted octanol–water partition coefficient (Wildman–Crippen LogP) is 9.95. The van der Waals surface area contributed by atoms with Crippen LogP contribution in [0.5, 0.6) is 0 Å². The van der Waals surface area contributed by atoms with Crippen molar-refractivity contribution in [1.29, 1.82) is 0 Å². The number of aliphatic carboxylic acids is 2. The topological polar surface area (TPSA) is 133 Å². The van der Waals surface area contributed by atoms with Gasteiger partial charge in [-0.2, -0.15) is 0 Å².